The number of carbonyl (C=O) groups is 1. The number of pyridine rings is 1. The number of nitrogens with one attached hydrogen (secondary N) is 2. The van der Waals surface area contributed by atoms with E-state index in [-0.39, 0.29) is 24.1 Å². The summed E-state index contributed by atoms with van der Waals surface area (Å²) in [7, 11) is 0. The molecular formula is C22H20F2N6O2. The lowest BCUT2D eigenvalue weighted by atomic mass is 9.87. The van der Waals surface area contributed by atoms with Crippen molar-refractivity contribution in [1.29, 1.82) is 0 Å². The minimum absolute atomic E-state index is 0.129. The van der Waals surface area contributed by atoms with Crippen LogP contribution < -0.4 is 15.5 Å². The molecule has 1 aromatic carbocycles. The fourth-order valence-corrected chi connectivity index (χ4v) is 3.87. The maximum absolute atomic E-state index is 14.0. The second kappa shape index (κ2) is 7.11. The van der Waals surface area contributed by atoms with Crippen LogP contribution in [0, 0.1) is 24.0 Å². The molecule has 32 heavy (non-hydrogen) atoms. The van der Waals surface area contributed by atoms with Gasteiger partial charge >= 0.3 is 0 Å². The first kappa shape index (κ1) is 20.1. The lowest BCUT2D eigenvalue weighted by molar-refractivity contribution is -0.126. The topological polar surface area (TPSA) is 92.4 Å². The average Bonchev–Trinajstić information content (AvgIpc) is 3.20. The van der Waals surface area contributed by atoms with Crippen molar-refractivity contribution >= 4 is 23.2 Å². The van der Waals surface area contributed by atoms with Crippen LogP contribution in [-0.4, -0.2) is 33.0 Å². The Labute approximate surface area is 182 Å². The zero-order valence-corrected chi connectivity index (χ0v) is 17.6. The van der Waals surface area contributed by atoms with E-state index in [0.717, 1.165) is 0 Å². The third-order valence-corrected chi connectivity index (χ3v) is 5.78. The summed E-state index contributed by atoms with van der Waals surface area (Å²) in [6.07, 6.45) is 1.77. The number of hydrogen-bond acceptors (Lipinski definition) is 6. The Morgan fingerprint density at radius 3 is 2.69 bits per heavy atom. The number of amidine groups is 2. The number of rotatable bonds is 4. The van der Waals surface area contributed by atoms with Crippen molar-refractivity contribution in [1.82, 2.24) is 20.1 Å². The number of aryl methyl sites for hydroxylation is 1. The van der Waals surface area contributed by atoms with Crippen molar-refractivity contribution < 1.29 is 18.3 Å². The van der Waals surface area contributed by atoms with E-state index in [1.807, 2.05) is 13.8 Å². The zero-order valence-electron chi connectivity index (χ0n) is 17.6. The summed E-state index contributed by atoms with van der Waals surface area (Å²) in [5.74, 6) is -0.261. The molecule has 5 rings (SSSR count). The number of hydrogen-bond donors (Lipinski definition) is 2. The summed E-state index contributed by atoms with van der Waals surface area (Å²) < 4.78 is 35.4. The van der Waals surface area contributed by atoms with Gasteiger partial charge < -0.3 is 10.1 Å². The highest BCUT2D eigenvalue weighted by Crippen LogP contribution is 2.30. The van der Waals surface area contributed by atoms with Gasteiger partial charge in [-0.2, -0.15) is 5.10 Å². The molecule has 1 atom stereocenters. The van der Waals surface area contributed by atoms with Crippen LogP contribution in [0.2, 0.25) is 0 Å². The number of halogens is 2. The van der Waals surface area contributed by atoms with Crippen LogP contribution in [0.15, 0.2) is 46.6 Å². The third-order valence-electron chi connectivity index (χ3n) is 5.78. The van der Waals surface area contributed by atoms with Crippen molar-refractivity contribution in [3.8, 4) is 5.75 Å². The molecule has 1 unspecified atom stereocenters. The Balaban J connectivity index is 1.49. The van der Waals surface area contributed by atoms with E-state index in [9.17, 15) is 13.6 Å². The second-order valence-electron chi connectivity index (χ2n) is 8.27. The largest absolute Gasteiger partial charge is 0.485 e. The van der Waals surface area contributed by atoms with Gasteiger partial charge in [0.15, 0.2) is 17.2 Å². The van der Waals surface area contributed by atoms with Crippen molar-refractivity contribution in [3.05, 3.63) is 65.1 Å². The van der Waals surface area contributed by atoms with E-state index < -0.39 is 17.0 Å². The number of fused-ring (bicyclic) bond motifs is 2. The lowest BCUT2D eigenvalue weighted by Crippen LogP contribution is -2.45. The van der Waals surface area contributed by atoms with Crippen molar-refractivity contribution in [2.24, 2.45) is 15.5 Å². The summed E-state index contributed by atoms with van der Waals surface area (Å²) in [4.78, 5) is 21.4. The van der Waals surface area contributed by atoms with Crippen molar-refractivity contribution in [2.75, 3.05) is 0 Å². The SMILES string of the molecule is Cc1nc2c(OCc3c(F)cccc3F)cccn2c1C1=NNC2C(=N1)NC(=O)C2(C)C. The first-order valence-electron chi connectivity index (χ1n) is 10.0. The third kappa shape index (κ3) is 3.02. The highest BCUT2D eigenvalue weighted by molar-refractivity contribution is 6.18. The molecule has 0 spiro atoms. The number of nitrogens with zero attached hydrogens (tertiary/aromatic N) is 4. The summed E-state index contributed by atoms with van der Waals surface area (Å²) in [6, 6.07) is 6.74. The first-order chi connectivity index (χ1) is 15.3. The predicted octanol–water partition coefficient (Wildman–Crippen LogP) is 2.69. The predicted molar refractivity (Wildman–Crippen MR) is 113 cm³/mol. The Bertz CT molecular complexity index is 1310. The minimum atomic E-state index is -0.675. The van der Waals surface area contributed by atoms with Crippen LogP contribution in [0.25, 0.3) is 5.65 Å². The molecule has 0 radical (unpaired) electrons. The van der Waals surface area contributed by atoms with E-state index in [1.165, 1.54) is 18.2 Å². The Morgan fingerprint density at radius 2 is 1.94 bits per heavy atom. The lowest BCUT2D eigenvalue weighted by Gasteiger charge is -2.25. The molecule has 4 heterocycles. The second-order valence-corrected chi connectivity index (χ2v) is 8.27. The van der Waals surface area contributed by atoms with E-state index in [1.54, 1.807) is 29.7 Å². The van der Waals surface area contributed by atoms with E-state index in [4.69, 9.17) is 4.74 Å². The first-order valence-corrected chi connectivity index (χ1v) is 10.0. The maximum atomic E-state index is 14.0. The van der Waals surface area contributed by atoms with Gasteiger partial charge in [-0.3, -0.25) is 14.6 Å². The number of benzene rings is 1. The summed E-state index contributed by atoms with van der Waals surface area (Å²) in [6.45, 7) is 5.16. The van der Waals surface area contributed by atoms with Crippen LogP contribution in [0.4, 0.5) is 8.78 Å². The minimum Gasteiger partial charge on any atom is -0.485 e. The van der Waals surface area contributed by atoms with Crippen molar-refractivity contribution in [3.63, 3.8) is 0 Å². The van der Waals surface area contributed by atoms with E-state index in [0.29, 0.717) is 34.5 Å². The molecule has 1 fully saturated rings. The molecular weight excluding hydrogens is 418 g/mol. The number of ether oxygens (including phenoxy) is 1. The van der Waals surface area contributed by atoms with Crippen LogP contribution in [0.5, 0.6) is 5.75 Å². The molecule has 3 aromatic rings. The molecule has 2 N–H and O–H groups in total. The molecule has 0 bridgehead atoms. The molecule has 2 aliphatic heterocycles. The molecule has 2 aromatic heterocycles. The Morgan fingerprint density at radius 1 is 1.19 bits per heavy atom. The van der Waals surface area contributed by atoms with Gasteiger partial charge in [0.05, 0.1) is 16.7 Å². The standard InChI is InChI=1S/C22H20F2N6O2/c1-11-16(18-26-19-17(28-29-18)22(2,3)21(31)27-19)30-9-5-8-15(20(30)25-11)32-10-12-13(23)6-4-7-14(12)24/h4-9,17,28H,10H2,1-3H3,(H,26,27,29,31). The number of carbonyl (C=O) groups excluding carboxylic acids is 1. The fourth-order valence-electron chi connectivity index (χ4n) is 3.87. The molecule has 164 valence electrons. The molecule has 2 aliphatic rings. The molecule has 1 saturated heterocycles. The van der Waals surface area contributed by atoms with Crippen LogP contribution >= 0.6 is 0 Å². The number of aromatic nitrogens is 2. The van der Waals surface area contributed by atoms with Gasteiger partial charge in [0, 0.05) is 6.20 Å². The van der Waals surface area contributed by atoms with Crippen LogP contribution in [0.1, 0.15) is 30.8 Å². The summed E-state index contributed by atoms with van der Waals surface area (Å²) in [5, 5.41) is 7.20. The Hall–Kier alpha value is -3.82. The maximum Gasteiger partial charge on any atom is 0.233 e. The highest BCUT2D eigenvalue weighted by atomic mass is 19.1. The highest BCUT2D eigenvalue weighted by Gasteiger charge is 2.48. The number of aliphatic imine (C=N–C) groups is 1. The molecule has 0 aliphatic carbocycles. The summed E-state index contributed by atoms with van der Waals surface area (Å²) in [5.41, 5.74) is 3.89. The van der Waals surface area contributed by atoms with E-state index in [2.05, 4.69) is 25.8 Å². The quantitative estimate of drug-likeness (QED) is 0.655. The monoisotopic (exact) mass is 438 g/mol. The Kier molecular flexibility index (Phi) is 4.47. The van der Waals surface area contributed by atoms with Gasteiger partial charge in [-0.25, -0.2) is 18.8 Å². The average molecular weight is 438 g/mol. The summed E-state index contributed by atoms with van der Waals surface area (Å²) >= 11 is 0. The zero-order chi connectivity index (χ0) is 22.6. The molecule has 10 heteroatoms. The van der Waals surface area contributed by atoms with E-state index >= 15 is 0 Å². The van der Waals surface area contributed by atoms with Gasteiger partial charge in [-0.1, -0.05) is 6.07 Å². The van der Waals surface area contributed by atoms with Gasteiger partial charge in [-0.15, -0.1) is 0 Å². The van der Waals surface area contributed by atoms with Gasteiger partial charge in [-0.05, 0) is 45.0 Å². The van der Waals surface area contributed by atoms with Crippen LogP contribution in [0.3, 0.4) is 0 Å². The fraction of sp³-hybridized carbons (Fsp3) is 0.273. The van der Waals surface area contributed by atoms with Crippen molar-refractivity contribution in [2.45, 2.75) is 33.4 Å². The van der Waals surface area contributed by atoms with Crippen LogP contribution in [-0.2, 0) is 11.4 Å². The smallest absolute Gasteiger partial charge is 0.233 e. The molecule has 1 amide bonds. The molecule has 8 nitrogen and oxygen atoms in total. The van der Waals surface area contributed by atoms with Gasteiger partial charge in [0.1, 0.15) is 35.8 Å². The van der Waals surface area contributed by atoms with Gasteiger partial charge in [0.2, 0.25) is 5.91 Å². The van der Waals surface area contributed by atoms with Gasteiger partial charge in [0.25, 0.3) is 0 Å². The number of imidazole rings is 1. The normalized spacial score (nSPS) is 19.2. The number of amides is 1. The number of hydrazone groups is 1. The molecule has 0 saturated carbocycles.